The van der Waals surface area contributed by atoms with Gasteiger partial charge in [-0.05, 0) is 73.9 Å². The van der Waals surface area contributed by atoms with E-state index in [9.17, 15) is 14.9 Å². The van der Waals surface area contributed by atoms with Gasteiger partial charge in [-0.3, -0.25) is 14.9 Å². The Balaban J connectivity index is 1.31. The van der Waals surface area contributed by atoms with Crippen molar-refractivity contribution in [3.8, 4) is 17.0 Å². The molecule has 0 radical (unpaired) electrons. The second-order valence-corrected chi connectivity index (χ2v) is 10.7. The summed E-state index contributed by atoms with van der Waals surface area (Å²) in [6.07, 6.45) is 1.55. The number of ether oxygens (including phenoxy) is 1. The number of nitro groups is 1. The number of aromatic nitrogens is 1. The number of pyridine rings is 1. The molecule has 1 aromatic heterocycles. The summed E-state index contributed by atoms with van der Waals surface area (Å²) in [6, 6.07) is 29.0. The van der Waals surface area contributed by atoms with Crippen LogP contribution >= 0.6 is 38.5 Å². The van der Waals surface area contributed by atoms with Gasteiger partial charge in [-0.25, -0.2) is 10.4 Å². The quantitative estimate of drug-likeness (QED) is 0.0778. The minimum atomic E-state index is -0.435. The largest absolute Gasteiger partial charge is 0.487 e. The Labute approximate surface area is 251 Å². The second kappa shape index (κ2) is 12.3. The standard InChI is InChI=1S/C30H20BrIN4O4/c31-25-14-20(15-26(32)29(25)40-18-19-7-6-10-22(13-19)36(38)39)17-33-35-30(37)24-16-28(21-8-2-1-3-9-21)34-27-12-5-4-11-23(24)27/h1-17H,18H2,(H,35,37)/b33-17+. The van der Waals surface area contributed by atoms with Crippen molar-refractivity contribution in [1.29, 1.82) is 0 Å². The lowest BCUT2D eigenvalue weighted by atomic mass is 10.0. The van der Waals surface area contributed by atoms with Gasteiger partial charge in [-0.1, -0.05) is 60.7 Å². The smallest absolute Gasteiger partial charge is 0.272 e. The maximum atomic E-state index is 13.2. The van der Waals surface area contributed by atoms with E-state index < -0.39 is 4.92 Å². The maximum Gasteiger partial charge on any atom is 0.272 e. The van der Waals surface area contributed by atoms with Crippen LogP contribution in [0.1, 0.15) is 21.5 Å². The molecule has 0 aliphatic carbocycles. The Morgan fingerprint density at radius 1 is 1.02 bits per heavy atom. The normalized spacial score (nSPS) is 11.1. The first-order valence-electron chi connectivity index (χ1n) is 12.0. The summed E-state index contributed by atoms with van der Waals surface area (Å²) in [5.74, 6) is 0.252. The minimum absolute atomic E-state index is 0.0134. The average molecular weight is 707 g/mol. The molecule has 0 spiro atoms. The molecule has 0 saturated heterocycles. The van der Waals surface area contributed by atoms with Crippen molar-refractivity contribution in [2.24, 2.45) is 5.10 Å². The molecule has 1 heterocycles. The van der Waals surface area contributed by atoms with E-state index in [2.05, 4.69) is 49.0 Å². The van der Waals surface area contributed by atoms with E-state index in [1.54, 1.807) is 24.4 Å². The predicted octanol–water partition coefficient (Wildman–Crippen LogP) is 7.52. The SMILES string of the molecule is O=C(N/N=C/c1cc(Br)c(OCc2cccc([N+](=O)[O-])c2)c(I)c1)c1cc(-c2ccccc2)nc2ccccc12. The molecule has 5 rings (SSSR count). The number of non-ortho nitro benzene ring substituents is 1. The van der Waals surface area contributed by atoms with Crippen molar-refractivity contribution in [2.45, 2.75) is 6.61 Å². The number of hydrazone groups is 1. The van der Waals surface area contributed by atoms with Gasteiger partial charge in [-0.2, -0.15) is 5.10 Å². The monoisotopic (exact) mass is 706 g/mol. The number of hydrogen-bond donors (Lipinski definition) is 1. The molecule has 40 heavy (non-hydrogen) atoms. The molecule has 0 aliphatic heterocycles. The zero-order chi connectivity index (χ0) is 28.1. The third-order valence-corrected chi connectivity index (χ3v) is 7.33. The highest BCUT2D eigenvalue weighted by atomic mass is 127. The molecule has 8 nitrogen and oxygen atoms in total. The van der Waals surface area contributed by atoms with E-state index in [1.165, 1.54) is 12.1 Å². The van der Waals surface area contributed by atoms with Gasteiger partial charge in [0.25, 0.3) is 11.6 Å². The third kappa shape index (κ3) is 6.35. The summed E-state index contributed by atoms with van der Waals surface area (Å²) in [6.45, 7) is 0.171. The molecular formula is C30H20BrIN4O4. The van der Waals surface area contributed by atoms with Gasteiger partial charge in [0.15, 0.2) is 0 Å². The second-order valence-electron chi connectivity index (χ2n) is 8.67. The van der Waals surface area contributed by atoms with Crippen LogP contribution in [0.15, 0.2) is 107 Å². The van der Waals surface area contributed by atoms with E-state index in [0.29, 0.717) is 27.0 Å². The van der Waals surface area contributed by atoms with Crippen molar-refractivity contribution < 1.29 is 14.5 Å². The van der Waals surface area contributed by atoms with Crippen LogP contribution in [0.3, 0.4) is 0 Å². The Morgan fingerprint density at radius 3 is 2.58 bits per heavy atom. The molecular weight excluding hydrogens is 687 g/mol. The fourth-order valence-corrected chi connectivity index (χ4v) is 5.82. The molecule has 1 N–H and O–H groups in total. The van der Waals surface area contributed by atoms with Crippen molar-refractivity contribution in [2.75, 3.05) is 0 Å². The van der Waals surface area contributed by atoms with E-state index >= 15 is 0 Å². The summed E-state index contributed by atoms with van der Waals surface area (Å²) < 4.78 is 7.42. The van der Waals surface area contributed by atoms with Crippen LogP contribution in [0.25, 0.3) is 22.2 Å². The molecule has 0 bridgehead atoms. The lowest BCUT2D eigenvalue weighted by Crippen LogP contribution is -2.18. The number of carbonyl (C=O) groups is 1. The fourth-order valence-electron chi connectivity index (χ4n) is 4.05. The number of fused-ring (bicyclic) bond motifs is 1. The number of hydrogen-bond acceptors (Lipinski definition) is 6. The van der Waals surface area contributed by atoms with Gasteiger partial charge in [0, 0.05) is 23.1 Å². The van der Waals surface area contributed by atoms with Gasteiger partial charge in [0.1, 0.15) is 12.4 Å². The van der Waals surface area contributed by atoms with Crippen LogP contribution in [0.5, 0.6) is 5.75 Å². The van der Waals surface area contributed by atoms with Gasteiger partial charge < -0.3 is 4.74 Å². The molecule has 198 valence electrons. The van der Waals surface area contributed by atoms with E-state index in [4.69, 9.17) is 9.72 Å². The summed E-state index contributed by atoms with van der Waals surface area (Å²) >= 11 is 5.68. The number of para-hydroxylation sites is 1. The fraction of sp³-hybridized carbons (Fsp3) is 0.0333. The Bertz CT molecular complexity index is 1740. The number of carbonyl (C=O) groups excluding carboxylic acids is 1. The Morgan fingerprint density at radius 2 is 1.80 bits per heavy atom. The van der Waals surface area contributed by atoms with Crippen LogP contribution in [0.4, 0.5) is 5.69 Å². The van der Waals surface area contributed by atoms with Crippen LogP contribution in [0, 0.1) is 13.7 Å². The molecule has 0 fully saturated rings. The molecule has 0 aliphatic rings. The first kappa shape index (κ1) is 27.4. The van der Waals surface area contributed by atoms with Crippen molar-refractivity contribution in [1.82, 2.24) is 10.4 Å². The maximum absolute atomic E-state index is 13.2. The van der Waals surface area contributed by atoms with Gasteiger partial charge in [-0.15, -0.1) is 0 Å². The van der Waals surface area contributed by atoms with E-state index in [-0.39, 0.29) is 18.2 Å². The molecule has 1 amide bonds. The van der Waals surface area contributed by atoms with Crippen LogP contribution in [0.2, 0.25) is 0 Å². The Kier molecular flexibility index (Phi) is 8.46. The first-order chi connectivity index (χ1) is 19.4. The van der Waals surface area contributed by atoms with Crippen molar-refractivity contribution in [3.63, 3.8) is 0 Å². The highest BCUT2D eigenvalue weighted by Gasteiger charge is 2.14. The van der Waals surface area contributed by atoms with Crippen molar-refractivity contribution in [3.05, 3.63) is 132 Å². The van der Waals surface area contributed by atoms with E-state index in [0.717, 1.165) is 25.6 Å². The highest BCUT2D eigenvalue weighted by Crippen LogP contribution is 2.32. The molecule has 0 saturated carbocycles. The number of nitrogens with zero attached hydrogens (tertiary/aromatic N) is 3. The average Bonchev–Trinajstić information content (AvgIpc) is 2.96. The lowest BCUT2D eigenvalue weighted by molar-refractivity contribution is -0.384. The summed E-state index contributed by atoms with van der Waals surface area (Å²) in [7, 11) is 0. The molecule has 0 unspecified atom stereocenters. The van der Waals surface area contributed by atoms with Crippen molar-refractivity contribution >= 4 is 67.2 Å². The van der Waals surface area contributed by atoms with E-state index in [1.807, 2.05) is 66.7 Å². The zero-order valence-electron chi connectivity index (χ0n) is 20.8. The minimum Gasteiger partial charge on any atom is -0.487 e. The van der Waals surface area contributed by atoms with Gasteiger partial charge >= 0.3 is 0 Å². The summed E-state index contributed by atoms with van der Waals surface area (Å²) in [5, 5.41) is 15.9. The van der Waals surface area contributed by atoms with Crippen LogP contribution < -0.4 is 10.2 Å². The zero-order valence-corrected chi connectivity index (χ0v) is 24.5. The van der Waals surface area contributed by atoms with Gasteiger partial charge in [0.05, 0.1) is 36.0 Å². The Hall–Kier alpha value is -4.16. The molecule has 10 heteroatoms. The summed E-state index contributed by atoms with van der Waals surface area (Å²) in [5.41, 5.74) is 6.88. The molecule has 4 aromatic carbocycles. The molecule has 5 aromatic rings. The third-order valence-electron chi connectivity index (χ3n) is 5.94. The van der Waals surface area contributed by atoms with Crippen LogP contribution in [-0.4, -0.2) is 22.0 Å². The number of halogens is 2. The number of amides is 1. The number of rotatable bonds is 8. The summed E-state index contributed by atoms with van der Waals surface area (Å²) in [4.78, 5) is 28.5. The van der Waals surface area contributed by atoms with Crippen LogP contribution in [-0.2, 0) is 6.61 Å². The lowest BCUT2D eigenvalue weighted by Gasteiger charge is -2.11. The number of benzene rings is 4. The number of nitrogens with one attached hydrogen (secondary N) is 1. The first-order valence-corrected chi connectivity index (χ1v) is 13.9. The topological polar surface area (TPSA) is 107 Å². The predicted molar refractivity (Wildman–Crippen MR) is 167 cm³/mol. The molecule has 0 atom stereocenters. The highest BCUT2D eigenvalue weighted by molar-refractivity contribution is 14.1. The number of nitro benzene ring substituents is 1. The van der Waals surface area contributed by atoms with Gasteiger partial charge in [0.2, 0.25) is 0 Å².